The topological polar surface area (TPSA) is 44.5 Å². The van der Waals surface area contributed by atoms with Gasteiger partial charge in [-0.25, -0.2) is 0 Å². The van der Waals surface area contributed by atoms with Gasteiger partial charge in [0, 0.05) is 19.3 Å². The lowest BCUT2D eigenvalue weighted by molar-refractivity contribution is -0.0498. The first kappa shape index (κ1) is 13.2. The molecular weight excluding hydrogens is 240 g/mol. The van der Waals surface area contributed by atoms with Crippen LogP contribution in [-0.4, -0.2) is 19.8 Å². The Bertz CT molecular complexity index is 364. The van der Waals surface area contributed by atoms with Crippen molar-refractivity contribution in [1.29, 1.82) is 0 Å². The molecule has 1 aromatic rings. The van der Waals surface area contributed by atoms with E-state index in [9.17, 15) is 8.78 Å². The average molecular weight is 257 g/mol. The maximum absolute atomic E-state index is 12.0. The first-order valence-electron chi connectivity index (χ1n) is 6.05. The molecule has 1 aromatic carbocycles. The van der Waals surface area contributed by atoms with Crippen LogP contribution in [0.4, 0.5) is 8.78 Å². The molecule has 0 amide bonds. The fraction of sp³-hybridized carbons (Fsp3) is 0.538. The Kier molecular flexibility index (Phi) is 4.49. The molecule has 2 N–H and O–H groups in total. The van der Waals surface area contributed by atoms with E-state index in [1.807, 2.05) is 0 Å². The predicted molar refractivity (Wildman–Crippen MR) is 63.5 cm³/mol. The van der Waals surface area contributed by atoms with E-state index in [1.54, 1.807) is 12.1 Å². The summed E-state index contributed by atoms with van der Waals surface area (Å²) >= 11 is 0. The number of rotatable bonds is 4. The van der Waals surface area contributed by atoms with E-state index >= 15 is 0 Å². The maximum Gasteiger partial charge on any atom is 0.387 e. The number of ether oxygens (including phenoxy) is 2. The molecule has 0 radical (unpaired) electrons. The van der Waals surface area contributed by atoms with Crippen molar-refractivity contribution in [3.05, 3.63) is 29.8 Å². The average Bonchev–Trinajstić information content (AvgIpc) is 2.39. The van der Waals surface area contributed by atoms with Gasteiger partial charge < -0.3 is 15.2 Å². The SMILES string of the molecule is N[C@H](c1ccc(OC(F)F)cc1)C1CCOCC1. The normalized spacial score (nSPS) is 18.9. The molecule has 0 aliphatic carbocycles. The number of benzene rings is 1. The van der Waals surface area contributed by atoms with E-state index < -0.39 is 6.61 Å². The molecule has 1 atom stereocenters. The minimum atomic E-state index is -2.79. The van der Waals surface area contributed by atoms with Gasteiger partial charge in [-0.3, -0.25) is 0 Å². The molecular formula is C13H17F2NO2. The Labute approximate surface area is 105 Å². The summed E-state index contributed by atoms with van der Waals surface area (Å²) in [6.07, 6.45) is 1.88. The van der Waals surface area contributed by atoms with Crippen LogP contribution in [0.1, 0.15) is 24.4 Å². The molecule has 1 heterocycles. The third kappa shape index (κ3) is 3.40. The van der Waals surface area contributed by atoms with Gasteiger partial charge in [-0.05, 0) is 36.5 Å². The molecule has 0 aromatic heterocycles. The van der Waals surface area contributed by atoms with Crippen molar-refractivity contribution in [2.75, 3.05) is 13.2 Å². The van der Waals surface area contributed by atoms with Crippen molar-refractivity contribution in [2.24, 2.45) is 11.7 Å². The standard InChI is InChI=1S/C13H17F2NO2/c14-13(15)18-11-3-1-9(2-4-11)12(16)10-5-7-17-8-6-10/h1-4,10,12-13H,5-8,16H2/t12-/m1/s1. The fourth-order valence-corrected chi connectivity index (χ4v) is 2.22. The van der Waals surface area contributed by atoms with Gasteiger partial charge in [-0.15, -0.1) is 0 Å². The molecule has 2 rings (SSSR count). The molecule has 0 saturated carbocycles. The Morgan fingerprint density at radius 2 is 1.78 bits per heavy atom. The highest BCUT2D eigenvalue weighted by Crippen LogP contribution is 2.29. The van der Waals surface area contributed by atoms with Crippen LogP contribution in [0.15, 0.2) is 24.3 Å². The summed E-state index contributed by atoms with van der Waals surface area (Å²) in [5.41, 5.74) is 7.12. The Morgan fingerprint density at radius 1 is 1.17 bits per heavy atom. The molecule has 1 aliphatic heterocycles. The Hall–Kier alpha value is -1.20. The monoisotopic (exact) mass is 257 g/mol. The zero-order chi connectivity index (χ0) is 13.0. The highest BCUT2D eigenvalue weighted by atomic mass is 19.3. The van der Waals surface area contributed by atoms with Crippen LogP contribution in [0.5, 0.6) is 5.75 Å². The summed E-state index contributed by atoms with van der Waals surface area (Å²) in [4.78, 5) is 0. The van der Waals surface area contributed by atoms with Gasteiger partial charge in [0.25, 0.3) is 0 Å². The van der Waals surface area contributed by atoms with Crippen LogP contribution in [0.25, 0.3) is 0 Å². The Balaban J connectivity index is 1.99. The molecule has 0 bridgehead atoms. The second-order valence-electron chi connectivity index (χ2n) is 4.42. The molecule has 100 valence electrons. The zero-order valence-electron chi connectivity index (χ0n) is 10.0. The number of halogens is 2. The van der Waals surface area contributed by atoms with E-state index in [4.69, 9.17) is 10.5 Å². The Morgan fingerprint density at radius 3 is 2.33 bits per heavy atom. The van der Waals surface area contributed by atoms with Crippen LogP contribution >= 0.6 is 0 Å². The summed E-state index contributed by atoms with van der Waals surface area (Å²) in [6.45, 7) is -1.31. The van der Waals surface area contributed by atoms with E-state index in [0.29, 0.717) is 5.92 Å². The summed E-state index contributed by atoms with van der Waals surface area (Å²) in [5.74, 6) is 0.550. The second kappa shape index (κ2) is 6.11. The number of nitrogens with two attached hydrogens (primary N) is 1. The third-order valence-corrected chi connectivity index (χ3v) is 3.26. The minimum absolute atomic E-state index is 0.0745. The van der Waals surface area contributed by atoms with Crippen LogP contribution in [0, 0.1) is 5.92 Å². The summed E-state index contributed by atoms with van der Waals surface area (Å²) in [5, 5.41) is 0. The summed E-state index contributed by atoms with van der Waals surface area (Å²) in [7, 11) is 0. The first-order chi connectivity index (χ1) is 8.66. The molecule has 5 heteroatoms. The van der Waals surface area contributed by atoms with Gasteiger partial charge in [-0.2, -0.15) is 8.78 Å². The summed E-state index contributed by atoms with van der Waals surface area (Å²) in [6, 6.07) is 6.48. The summed E-state index contributed by atoms with van der Waals surface area (Å²) < 4.78 is 33.6. The lowest BCUT2D eigenvalue weighted by Crippen LogP contribution is -2.27. The van der Waals surface area contributed by atoms with E-state index in [1.165, 1.54) is 12.1 Å². The van der Waals surface area contributed by atoms with Crippen molar-refractivity contribution < 1.29 is 18.3 Å². The van der Waals surface area contributed by atoms with Crippen molar-refractivity contribution in [3.63, 3.8) is 0 Å². The van der Waals surface area contributed by atoms with E-state index in [-0.39, 0.29) is 11.8 Å². The molecule has 3 nitrogen and oxygen atoms in total. The van der Waals surface area contributed by atoms with Crippen molar-refractivity contribution >= 4 is 0 Å². The smallest absolute Gasteiger partial charge is 0.387 e. The number of hydrogen-bond acceptors (Lipinski definition) is 3. The predicted octanol–water partition coefficient (Wildman–Crippen LogP) is 2.71. The minimum Gasteiger partial charge on any atom is -0.435 e. The molecule has 1 fully saturated rings. The van der Waals surface area contributed by atoms with Crippen LogP contribution in [0.2, 0.25) is 0 Å². The quantitative estimate of drug-likeness (QED) is 0.902. The van der Waals surface area contributed by atoms with Gasteiger partial charge in [0.1, 0.15) is 5.75 Å². The van der Waals surface area contributed by atoms with E-state index in [0.717, 1.165) is 31.6 Å². The highest BCUT2D eigenvalue weighted by molar-refractivity contribution is 5.29. The lowest BCUT2D eigenvalue weighted by Gasteiger charge is -2.27. The number of hydrogen-bond donors (Lipinski definition) is 1. The van der Waals surface area contributed by atoms with Gasteiger partial charge in [0.2, 0.25) is 0 Å². The highest BCUT2D eigenvalue weighted by Gasteiger charge is 2.22. The van der Waals surface area contributed by atoms with Crippen molar-refractivity contribution in [3.8, 4) is 5.75 Å². The van der Waals surface area contributed by atoms with Crippen LogP contribution < -0.4 is 10.5 Å². The van der Waals surface area contributed by atoms with Crippen molar-refractivity contribution in [1.82, 2.24) is 0 Å². The largest absolute Gasteiger partial charge is 0.435 e. The molecule has 1 saturated heterocycles. The second-order valence-corrected chi connectivity index (χ2v) is 4.42. The fourth-order valence-electron chi connectivity index (χ4n) is 2.22. The van der Waals surface area contributed by atoms with Gasteiger partial charge in [-0.1, -0.05) is 12.1 Å². The maximum atomic E-state index is 12.0. The van der Waals surface area contributed by atoms with E-state index in [2.05, 4.69) is 4.74 Å². The molecule has 18 heavy (non-hydrogen) atoms. The third-order valence-electron chi connectivity index (χ3n) is 3.26. The first-order valence-corrected chi connectivity index (χ1v) is 6.05. The van der Waals surface area contributed by atoms with Crippen LogP contribution in [0.3, 0.4) is 0 Å². The molecule has 0 spiro atoms. The zero-order valence-corrected chi connectivity index (χ0v) is 10.0. The van der Waals surface area contributed by atoms with Crippen LogP contribution in [-0.2, 0) is 4.74 Å². The molecule has 1 aliphatic rings. The van der Waals surface area contributed by atoms with Gasteiger partial charge >= 0.3 is 6.61 Å². The molecule has 0 unspecified atom stereocenters. The van der Waals surface area contributed by atoms with Crippen molar-refractivity contribution in [2.45, 2.75) is 25.5 Å². The number of alkyl halides is 2. The van der Waals surface area contributed by atoms with Gasteiger partial charge in [0.15, 0.2) is 0 Å². The lowest BCUT2D eigenvalue weighted by atomic mass is 9.88. The van der Waals surface area contributed by atoms with Gasteiger partial charge in [0.05, 0.1) is 0 Å².